The minimum atomic E-state index is -0.417. The fourth-order valence-electron chi connectivity index (χ4n) is 2.65. The summed E-state index contributed by atoms with van der Waals surface area (Å²) in [6, 6.07) is 13.2. The zero-order chi connectivity index (χ0) is 18.4. The first-order valence-corrected chi connectivity index (χ1v) is 8.14. The summed E-state index contributed by atoms with van der Waals surface area (Å²) in [5.41, 5.74) is 8.93. The van der Waals surface area contributed by atoms with Crippen LogP contribution in [0, 0.1) is 19.3 Å². The first-order chi connectivity index (χ1) is 11.9. The van der Waals surface area contributed by atoms with E-state index in [1.807, 2.05) is 63.2 Å². The third-order valence-corrected chi connectivity index (χ3v) is 3.71. The van der Waals surface area contributed by atoms with E-state index in [2.05, 4.69) is 5.32 Å². The maximum absolute atomic E-state index is 12.2. The average molecular weight is 340 g/mol. The highest BCUT2D eigenvalue weighted by atomic mass is 16.5. The number of benzene rings is 2. The quantitative estimate of drug-likeness (QED) is 0.576. The lowest BCUT2D eigenvalue weighted by molar-refractivity contribution is 0.249. The third kappa shape index (κ3) is 4.50. The number of urea groups is 1. The minimum absolute atomic E-state index is 0.324. The van der Waals surface area contributed by atoms with Crippen molar-refractivity contribution in [2.45, 2.75) is 27.4 Å². The van der Waals surface area contributed by atoms with Gasteiger partial charge in [-0.2, -0.15) is 0 Å². The molecule has 0 radical (unpaired) electrons. The highest BCUT2D eigenvalue weighted by molar-refractivity contribution is 6.14. The number of aryl methyl sites for hydroxylation is 2. The lowest BCUT2D eigenvalue weighted by Crippen LogP contribution is -2.47. The van der Waals surface area contributed by atoms with Crippen LogP contribution in [0.2, 0.25) is 0 Å². The van der Waals surface area contributed by atoms with E-state index < -0.39 is 6.03 Å². The molecule has 0 unspecified atom stereocenters. The molecule has 0 bridgehead atoms. The van der Waals surface area contributed by atoms with Crippen LogP contribution >= 0.6 is 0 Å². The molecule has 0 saturated heterocycles. The minimum Gasteiger partial charge on any atom is -0.489 e. The Labute approximate surface area is 148 Å². The summed E-state index contributed by atoms with van der Waals surface area (Å²) < 4.78 is 5.85. The summed E-state index contributed by atoms with van der Waals surface area (Å²) in [5.74, 6) is 0.386. The second kappa shape index (κ2) is 8.19. The van der Waals surface area contributed by atoms with E-state index in [-0.39, 0.29) is 5.96 Å². The Balaban J connectivity index is 2.26. The van der Waals surface area contributed by atoms with Gasteiger partial charge in [0.2, 0.25) is 5.96 Å². The van der Waals surface area contributed by atoms with Crippen LogP contribution in [0.25, 0.3) is 0 Å². The van der Waals surface area contributed by atoms with E-state index in [1.165, 1.54) is 4.90 Å². The van der Waals surface area contributed by atoms with Gasteiger partial charge in [-0.15, -0.1) is 0 Å². The number of anilines is 1. The molecule has 2 amide bonds. The highest BCUT2D eigenvalue weighted by Gasteiger charge is 2.22. The van der Waals surface area contributed by atoms with E-state index >= 15 is 0 Å². The molecule has 4 N–H and O–H groups in total. The van der Waals surface area contributed by atoms with Crippen molar-refractivity contribution in [3.05, 3.63) is 59.2 Å². The smallest absolute Gasteiger partial charge is 0.328 e. The number of rotatable bonds is 5. The molecule has 0 heterocycles. The van der Waals surface area contributed by atoms with Crippen molar-refractivity contribution in [2.75, 3.05) is 11.4 Å². The molecule has 2 aromatic carbocycles. The van der Waals surface area contributed by atoms with E-state index in [0.29, 0.717) is 24.6 Å². The second-order valence-electron chi connectivity index (χ2n) is 5.74. The van der Waals surface area contributed by atoms with Crippen molar-refractivity contribution in [2.24, 2.45) is 5.73 Å². The molecule has 0 fully saturated rings. The van der Waals surface area contributed by atoms with Crippen LogP contribution in [-0.4, -0.2) is 18.5 Å². The monoisotopic (exact) mass is 340 g/mol. The Morgan fingerprint density at radius 2 is 1.80 bits per heavy atom. The van der Waals surface area contributed by atoms with Gasteiger partial charge in [0.25, 0.3) is 0 Å². The van der Waals surface area contributed by atoms with Crippen molar-refractivity contribution in [1.82, 2.24) is 5.32 Å². The number of carbonyl (C=O) groups is 1. The zero-order valence-electron chi connectivity index (χ0n) is 14.8. The normalized spacial score (nSPS) is 10.2. The molecular formula is C19H24N4O2. The lowest BCUT2D eigenvalue weighted by Gasteiger charge is -2.25. The molecule has 0 saturated carbocycles. The first kappa shape index (κ1) is 18.3. The largest absolute Gasteiger partial charge is 0.489 e. The van der Waals surface area contributed by atoms with Gasteiger partial charge in [-0.05, 0) is 49.6 Å². The number of ether oxygens (including phenoxy) is 1. The second-order valence-corrected chi connectivity index (χ2v) is 5.74. The van der Waals surface area contributed by atoms with E-state index in [0.717, 1.165) is 16.7 Å². The topological polar surface area (TPSA) is 91.4 Å². The number of nitrogens with two attached hydrogens (primary N) is 1. The molecule has 6 nitrogen and oxygen atoms in total. The predicted molar refractivity (Wildman–Crippen MR) is 100 cm³/mol. The van der Waals surface area contributed by atoms with Gasteiger partial charge < -0.3 is 15.8 Å². The Hall–Kier alpha value is -3.02. The van der Waals surface area contributed by atoms with Crippen molar-refractivity contribution in [3.8, 4) is 5.75 Å². The Bertz CT molecular complexity index is 736. The van der Waals surface area contributed by atoms with E-state index in [4.69, 9.17) is 15.9 Å². The standard InChI is InChI=1S/C19H24N4O2/c1-4-22-19(24)23(18(20)21)17-13(2)10-16(11-14(17)3)25-12-15-8-6-5-7-9-15/h5-11H,4,12H2,1-3H3,(H3,20,21)(H,22,24). The summed E-state index contributed by atoms with van der Waals surface area (Å²) in [6.07, 6.45) is 0. The predicted octanol–water partition coefficient (Wildman–Crippen LogP) is 3.31. The number of guanidine groups is 1. The van der Waals surface area contributed by atoms with E-state index in [1.54, 1.807) is 0 Å². The molecule has 0 aliphatic rings. The Kier molecular flexibility index (Phi) is 6.00. The molecule has 6 heteroatoms. The average Bonchev–Trinajstić information content (AvgIpc) is 2.57. The molecule has 132 valence electrons. The lowest BCUT2D eigenvalue weighted by atomic mass is 10.1. The zero-order valence-corrected chi connectivity index (χ0v) is 14.8. The van der Waals surface area contributed by atoms with Crippen LogP contribution in [0.4, 0.5) is 10.5 Å². The van der Waals surface area contributed by atoms with Gasteiger partial charge in [0, 0.05) is 6.54 Å². The molecule has 0 aromatic heterocycles. The highest BCUT2D eigenvalue weighted by Crippen LogP contribution is 2.30. The van der Waals surface area contributed by atoms with Crippen molar-refractivity contribution >= 4 is 17.7 Å². The number of nitrogens with one attached hydrogen (secondary N) is 2. The van der Waals surface area contributed by atoms with Crippen LogP contribution < -0.4 is 20.7 Å². The number of nitrogens with zero attached hydrogens (tertiary/aromatic N) is 1. The fraction of sp³-hybridized carbons (Fsp3) is 0.263. The van der Waals surface area contributed by atoms with Crippen molar-refractivity contribution in [3.63, 3.8) is 0 Å². The number of hydrogen-bond acceptors (Lipinski definition) is 3. The number of hydrogen-bond donors (Lipinski definition) is 3. The molecule has 0 aliphatic heterocycles. The van der Waals surface area contributed by atoms with Crippen LogP contribution in [0.5, 0.6) is 5.75 Å². The maximum atomic E-state index is 12.2. The van der Waals surface area contributed by atoms with Gasteiger partial charge in [-0.3, -0.25) is 5.41 Å². The molecule has 0 spiro atoms. The fourth-order valence-corrected chi connectivity index (χ4v) is 2.65. The molecular weight excluding hydrogens is 316 g/mol. The summed E-state index contributed by atoms with van der Waals surface area (Å²) in [5, 5.41) is 10.4. The van der Waals surface area contributed by atoms with Crippen LogP contribution in [0.3, 0.4) is 0 Å². The van der Waals surface area contributed by atoms with Crippen LogP contribution in [0.1, 0.15) is 23.6 Å². The van der Waals surface area contributed by atoms with E-state index in [9.17, 15) is 4.79 Å². The summed E-state index contributed by atoms with van der Waals surface area (Å²) in [7, 11) is 0. The number of amides is 2. The van der Waals surface area contributed by atoms with Gasteiger partial charge in [0.15, 0.2) is 0 Å². The van der Waals surface area contributed by atoms with Gasteiger partial charge in [-0.1, -0.05) is 30.3 Å². The van der Waals surface area contributed by atoms with Gasteiger partial charge in [-0.25, -0.2) is 9.69 Å². The Morgan fingerprint density at radius 3 is 2.32 bits per heavy atom. The number of carbonyl (C=O) groups excluding carboxylic acids is 1. The Morgan fingerprint density at radius 1 is 1.20 bits per heavy atom. The molecule has 25 heavy (non-hydrogen) atoms. The summed E-state index contributed by atoms with van der Waals surface area (Å²) >= 11 is 0. The van der Waals surface area contributed by atoms with Crippen molar-refractivity contribution in [1.29, 1.82) is 5.41 Å². The molecule has 2 aromatic rings. The van der Waals surface area contributed by atoms with Crippen LogP contribution in [0.15, 0.2) is 42.5 Å². The van der Waals surface area contributed by atoms with Gasteiger partial charge in [0.05, 0.1) is 5.69 Å². The SMILES string of the molecule is CCNC(=O)N(C(=N)N)c1c(C)cc(OCc2ccccc2)cc1C. The summed E-state index contributed by atoms with van der Waals surface area (Å²) in [6.45, 7) is 6.47. The molecule has 0 aliphatic carbocycles. The molecule has 0 atom stereocenters. The molecule has 2 rings (SSSR count). The van der Waals surface area contributed by atoms with Crippen LogP contribution in [-0.2, 0) is 6.61 Å². The summed E-state index contributed by atoms with van der Waals surface area (Å²) in [4.78, 5) is 13.4. The van der Waals surface area contributed by atoms with Crippen molar-refractivity contribution < 1.29 is 9.53 Å². The third-order valence-electron chi connectivity index (χ3n) is 3.71. The first-order valence-electron chi connectivity index (χ1n) is 8.14. The maximum Gasteiger partial charge on any atom is 0.328 e. The van der Waals surface area contributed by atoms with Gasteiger partial charge in [0.1, 0.15) is 12.4 Å². The van der Waals surface area contributed by atoms with Gasteiger partial charge >= 0.3 is 6.03 Å².